The molecule has 0 amide bonds. The highest BCUT2D eigenvalue weighted by Gasteiger charge is 2.13. The van der Waals surface area contributed by atoms with Crippen LogP contribution < -0.4 is 12.3 Å². The number of hydrogen-bond acceptors (Lipinski definition) is 7. The molecule has 14 heavy (non-hydrogen) atoms. The molecule has 0 rings (SSSR count). The van der Waals surface area contributed by atoms with Gasteiger partial charge in [0.25, 0.3) is 0 Å². The molecule has 0 spiro atoms. The lowest BCUT2D eigenvalue weighted by Gasteiger charge is -1.93. The van der Waals surface area contributed by atoms with Gasteiger partial charge in [-0.2, -0.15) is 0 Å². The molecule has 11 heteroatoms. The van der Waals surface area contributed by atoms with E-state index in [1.54, 1.807) is 0 Å². The molecule has 0 aliphatic carbocycles. The SMILES string of the molecule is N.N.O=C(O)OC(=O)OC(=O)O.[MgH2].[MgH2]. The number of hydrogen-bond donors (Lipinski definition) is 4. The van der Waals surface area contributed by atoms with Crippen LogP contribution in [0, 0.1) is 0 Å². The standard InChI is InChI=1S/C3H2O7.2Mg.2H3N.4H/c4-1(5)9-3(8)10-2(6)7;;;;;;;;/h(H,4,5)(H,6,7);;;2*1H3;;;;. The van der Waals surface area contributed by atoms with E-state index < -0.39 is 18.5 Å². The van der Waals surface area contributed by atoms with Crippen LogP contribution in [-0.4, -0.2) is 74.8 Å². The van der Waals surface area contributed by atoms with E-state index in [0.717, 1.165) is 0 Å². The van der Waals surface area contributed by atoms with Crippen molar-refractivity contribution in [3.8, 4) is 0 Å². The maximum absolute atomic E-state index is 9.86. The van der Waals surface area contributed by atoms with E-state index >= 15 is 0 Å². The molecule has 0 aromatic rings. The number of carbonyl (C=O) groups is 3. The van der Waals surface area contributed by atoms with Crippen LogP contribution in [0.4, 0.5) is 14.4 Å². The van der Waals surface area contributed by atoms with Crippen molar-refractivity contribution in [2.45, 2.75) is 0 Å². The Kier molecular flexibility index (Phi) is 31.6. The van der Waals surface area contributed by atoms with Gasteiger partial charge in [-0.15, -0.1) is 0 Å². The summed E-state index contributed by atoms with van der Waals surface area (Å²) in [5.41, 5.74) is 0. The van der Waals surface area contributed by atoms with Crippen LogP contribution >= 0.6 is 0 Å². The molecule has 0 fully saturated rings. The maximum atomic E-state index is 9.86. The third-order valence-electron chi connectivity index (χ3n) is 0.341. The van der Waals surface area contributed by atoms with Crippen molar-refractivity contribution in [2.24, 2.45) is 0 Å². The minimum Gasteiger partial charge on any atom is -0.449 e. The molecule has 0 atom stereocenters. The third-order valence-corrected chi connectivity index (χ3v) is 0.341. The van der Waals surface area contributed by atoms with Crippen molar-refractivity contribution in [1.82, 2.24) is 12.3 Å². The van der Waals surface area contributed by atoms with Crippen molar-refractivity contribution in [3.63, 3.8) is 0 Å². The Morgan fingerprint density at radius 1 is 0.786 bits per heavy atom. The van der Waals surface area contributed by atoms with E-state index in [4.69, 9.17) is 10.2 Å². The van der Waals surface area contributed by atoms with E-state index in [-0.39, 0.29) is 58.4 Å². The van der Waals surface area contributed by atoms with Crippen molar-refractivity contribution >= 4 is 64.6 Å². The Bertz CT molecular complexity index is 168. The smallest absolute Gasteiger partial charge is 0.449 e. The van der Waals surface area contributed by atoms with E-state index in [9.17, 15) is 14.4 Å². The first-order chi connectivity index (χ1) is 4.52. The van der Waals surface area contributed by atoms with Gasteiger partial charge in [0, 0.05) is 0 Å². The van der Waals surface area contributed by atoms with Crippen LogP contribution in [-0.2, 0) is 9.47 Å². The minimum atomic E-state index is -1.92. The molecule has 0 aromatic carbocycles. The van der Waals surface area contributed by atoms with Gasteiger partial charge in [0.15, 0.2) is 0 Å². The van der Waals surface area contributed by atoms with Gasteiger partial charge in [0.1, 0.15) is 0 Å². The van der Waals surface area contributed by atoms with Crippen LogP contribution in [0.1, 0.15) is 0 Å². The lowest BCUT2D eigenvalue weighted by atomic mass is 11.2. The lowest BCUT2D eigenvalue weighted by molar-refractivity contribution is 0.0548. The summed E-state index contributed by atoms with van der Waals surface area (Å²) in [7, 11) is 0. The van der Waals surface area contributed by atoms with E-state index in [0.29, 0.717) is 0 Å². The number of rotatable bonds is 0. The summed E-state index contributed by atoms with van der Waals surface area (Å²) in [4.78, 5) is 28.8. The van der Waals surface area contributed by atoms with Gasteiger partial charge >= 0.3 is 64.6 Å². The molecule has 9 nitrogen and oxygen atoms in total. The highest BCUT2D eigenvalue weighted by molar-refractivity contribution is 5.82. The van der Waals surface area contributed by atoms with Gasteiger partial charge in [0.05, 0.1) is 0 Å². The zero-order chi connectivity index (χ0) is 8.15. The molecular weight excluding hydrogens is 225 g/mol. The molecule has 0 aliphatic rings. The molecule has 0 saturated carbocycles. The third kappa shape index (κ3) is 22.6. The summed E-state index contributed by atoms with van der Waals surface area (Å²) in [6.45, 7) is 0. The van der Waals surface area contributed by atoms with E-state index in [1.807, 2.05) is 0 Å². The topological polar surface area (TPSA) is 180 Å². The predicted octanol–water partition coefficient (Wildman–Crippen LogP) is -1.01. The van der Waals surface area contributed by atoms with Gasteiger partial charge in [-0.3, -0.25) is 0 Å². The molecule has 0 aliphatic heterocycles. The summed E-state index contributed by atoms with van der Waals surface area (Å²) in [5.74, 6) is 0. The fourth-order valence-electron chi connectivity index (χ4n) is 0.163. The average molecular weight is 237 g/mol. The zero-order valence-corrected chi connectivity index (χ0v) is 5.85. The summed E-state index contributed by atoms with van der Waals surface area (Å²) in [5, 5.41) is 15.4. The Morgan fingerprint density at radius 3 is 1.14 bits per heavy atom. The summed E-state index contributed by atoms with van der Waals surface area (Å²) < 4.78 is 6.47. The second-order valence-corrected chi connectivity index (χ2v) is 0.986. The summed E-state index contributed by atoms with van der Waals surface area (Å²) in [6.07, 6.45) is -5.64. The Balaban J connectivity index is -0.0000000675. The maximum Gasteiger partial charge on any atom is 0.528 e. The Labute approximate surface area is 111 Å². The van der Waals surface area contributed by atoms with Crippen LogP contribution in [0.3, 0.4) is 0 Å². The van der Waals surface area contributed by atoms with Crippen LogP contribution in [0.15, 0.2) is 0 Å². The van der Waals surface area contributed by atoms with E-state index in [2.05, 4.69) is 9.47 Å². The molecular formula is C3H12Mg2N2O7. The normalized spacial score (nSPS) is 5.71. The first-order valence-electron chi connectivity index (χ1n) is 1.88. The van der Waals surface area contributed by atoms with Gasteiger partial charge in [-0.1, -0.05) is 0 Å². The molecule has 0 radical (unpaired) electrons. The Hall–Kier alpha value is -0.338. The van der Waals surface area contributed by atoms with Crippen molar-refractivity contribution in [3.05, 3.63) is 0 Å². The fraction of sp³-hybridized carbons (Fsp3) is 0. The summed E-state index contributed by atoms with van der Waals surface area (Å²) >= 11 is 0. The fourth-order valence-corrected chi connectivity index (χ4v) is 0.163. The van der Waals surface area contributed by atoms with Crippen LogP contribution in [0.5, 0.6) is 0 Å². The highest BCUT2D eigenvalue weighted by atomic mass is 24.3. The number of carbonyl (C=O) groups excluding carboxylic acids is 1. The minimum absolute atomic E-state index is 0. The number of ether oxygens (including phenoxy) is 2. The van der Waals surface area contributed by atoms with Gasteiger partial charge in [0.2, 0.25) is 0 Å². The first kappa shape index (κ1) is 29.2. The average Bonchev–Trinajstić information content (AvgIpc) is 1.58. The largest absolute Gasteiger partial charge is 0.528 e. The van der Waals surface area contributed by atoms with Crippen LogP contribution in [0.25, 0.3) is 0 Å². The molecule has 80 valence electrons. The predicted molar refractivity (Wildman–Crippen MR) is 50.7 cm³/mol. The molecule has 0 aromatic heterocycles. The van der Waals surface area contributed by atoms with Crippen LogP contribution in [0.2, 0.25) is 0 Å². The number of carboxylic acid groups (broad SMARTS) is 2. The van der Waals surface area contributed by atoms with Crippen molar-refractivity contribution in [2.75, 3.05) is 0 Å². The molecule has 0 heterocycles. The van der Waals surface area contributed by atoms with Gasteiger partial charge in [-0.25, -0.2) is 14.4 Å². The van der Waals surface area contributed by atoms with Crippen molar-refractivity contribution in [1.29, 1.82) is 0 Å². The highest BCUT2D eigenvalue weighted by Crippen LogP contribution is 1.85. The molecule has 0 unspecified atom stereocenters. The zero-order valence-electron chi connectivity index (χ0n) is 5.85. The quantitative estimate of drug-likeness (QED) is 0.233. The lowest BCUT2D eigenvalue weighted by Crippen LogP contribution is -2.14. The second kappa shape index (κ2) is 15.1. The first-order valence-corrected chi connectivity index (χ1v) is 1.88. The van der Waals surface area contributed by atoms with Crippen molar-refractivity contribution < 1.29 is 34.1 Å². The Morgan fingerprint density at radius 2 is 1.00 bits per heavy atom. The summed E-state index contributed by atoms with van der Waals surface area (Å²) in [6, 6.07) is 0. The second-order valence-electron chi connectivity index (χ2n) is 0.986. The van der Waals surface area contributed by atoms with Gasteiger partial charge in [-0.05, 0) is 0 Å². The molecule has 0 saturated heterocycles. The van der Waals surface area contributed by atoms with Gasteiger partial charge < -0.3 is 32.0 Å². The monoisotopic (exact) mass is 236 g/mol. The van der Waals surface area contributed by atoms with E-state index in [1.165, 1.54) is 0 Å². The molecule has 0 bridgehead atoms. The molecule has 8 N–H and O–H groups in total.